The van der Waals surface area contributed by atoms with Crippen molar-refractivity contribution in [1.29, 1.82) is 0 Å². The number of carboxylic acids is 1. The van der Waals surface area contributed by atoms with Gasteiger partial charge in [-0.1, -0.05) is 0 Å². The van der Waals surface area contributed by atoms with E-state index >= 15 is 0 Å². The van der Waals surface area contributed by atoms with Crippen LogP contribution in [0.2, 0.25) is 0 Å². The van der Waals surface area contributed by atoms with E-state index in [1.807, 2.05) is 0 Å². The van der Waals surface area contributed by atoms with E-state index in [4.69, 9.17) is 5.11 Å². The lowest BCUT2D eigenvalue weighted by Gasteiger charge is -2.06. The highest BCUT2D eigenvalue weighted by molar-refractivity contribution is 8.01. The van der Waals surface area contributed by atoms with Gasteiger partial charge in [0.2, 0.25) is 0 Å². The van der Waals surface area contributed by atoms with Crippen LogP contribution in [0.3, 0.4) is 0 Å². The van der Waals surface area contributed by atoms with Crippen LogP contribution in [0.1, 0.15) is 6.92 Å². The Kier molecular flexibility index (Phi) is 6.17. The van der Waals surface area contributed by atoms with Gasteiger partial charge in [-0.25, -0.2) is 4.79 Å². The van der Waals surface area contributed by atoms with Gasteiger partial charge >= 0.3 is 5.97 Å². The van der Waals surface area contributed by atoms with Gasteiger partial charge < -0.3 is 5.11 Å². The molecule has 0 aromatic heterocycles. The summed E-state index contributed by atoms with van der Waals surface area (Å²) in [5.41, 5.74) is 0. The number of carbonyl (C=O) groups is 1. The van der Waals surface area contributed by atoms with E-state index in [0.29, 0.717) is 0 Å². The highest BCUT2D eigenvalue weighted by Gasteiger charge is 2.21. The SMILES string of the molecule is C=C.CC(S)(S)C(=O)O. The molecule has 0 saturated carbocycles. The van der Waals surface area contributed by atoms with E-state index in [1.165, 1.54) is 6.92 Å². The standard InChI is InChI=1S/C3H6O2S2.C2H4/c1-3(6,7)2(4)5;1-2/h6-7H,1H3,(H,4,5);1-2H2. The Bertz CT molecular complexity index is 95.6. The van der Waals surface area contributed by atoms with E-state index in [2.05, 4.69) is 38.4 Å². The van der Waals surface area contributed by atoms with Crippen LogP contribution in [0, 0.1) is 0 Å². The first-order chi connectivity index (χ1) is 3.94. The summed E-state index contributed by atoms with van der Waals surface area (Å²) in [4.78, 5) is 9.87. The molecule has 0 aromatic carbocycles. The Morgan fingerprint density at radius 1 is 1.56 bits per heavy atom. The van der Waals surface area contributed by atoms with Crippen LogP contribution in [-0.2, 0) is 4.79 Å². The lowest BCUT2D eigenvalue weighted by molar-refractivity contribution is -0.136. The molecule has 0 bridgehead atoms. The first-order valence-electron chi connectivity index (χ1n) is 2.12. The minimum Gasteiger partial charge on any atom is -0.480 e. The highest BCUT2D eigenvalue weighted by Crippen LogP contribution is 2.16. The summed E-state index contributed by atoms with van der Waals surface area (Å²) in [6.07, 6.45) is 0. The predicted molar refractivity (Wildman–Crippen MR) is 45.3 cm³/mol. The Labute approximate surface area is 65.8 Å². The smallest absolute Gasteiger partial charge is 0.329 e. The van der Waals surface area contributed by atoms with Crippen LogP contribution in [0.4, 0.5) is 0 Å². The second-order valence-corrected chi connectivity index (χ2v) is 3.47. The molecule has 0 aliphatic carbocycles. The predicted octanol–water partition coefficient (Wildman–Crippen LogP) is 1.45. The first kappa shape index (κ1) is 11.7. The summed E-state index contributed by atoms with van der Waals surface area (Å²) >= 11 is 7.23. The topological polar surface area (TPSA) is 37.3 Å². The molecule has 0 atom stereocenters. The van der Waals surface area contributed by atoms with Gasteiger partial charge in [0.05, 0.1) is 0 Å². The summed E-state index contributed by atoms with van der Waals surface area (Å²) in [7, 11) is 0. The van der Waals surface area contributed by atoms with Gasteiger partial charge in [-0.2, -0.15) is 25.3 Å². The molecule has 0 fully saturated rings. The summed E-state index contributed by atoms with van der Waals surface area (Å²) in [5, 5.41) is 8.10. The second kappa shape index (κ2) is 4.76. The van der Waals surface area contributed by atoms with Gasteiger partial charge in [-0.15, -0.1) is 13.2 Å². The zero-order chi connectivity index (χ0) is 8.08. The second-order valence-electron chi connectivity index (χ2n) is 1.33. The first-order valence-corrected chi connectivity index (χ1v) is 3.02. The van der Waals surface area contributed by atoms with Crippen LogP contribution in [0.25, 0.3) is 0 Å². The molecule has 0 radical (unpaired) electrons. The average Bonchev–Trinajstić information content (AvgIpc) is 1.69. The summed E-state index contributed by atoms with van der Waals surface area (Å²) < 4.78 is -1.19. The Hall–Kier alpha value is -0.0900. The van der Waals surface area contributed by atoms with E-state index in [0.717, 1.165) is 0 Å². The maximum Gasteiger partial charge on any atom is 0.329 e. The average molecular weight is 166 g/mol. The van der Waals surface area contributed by atoms with Crippen LogP contribution in [0.15, 0.2) is 13.2 Å². The van der Waals surface area contributed by atoms with Crippen LogP contribution in [0.5, 0.6) is 0 Å². The number of carboxylic acid groups (broad SMARTS) is 1. The van der Waals surface area contributed by atoms with Crippen LogP contribution in [-0.4, -0.2) is 15.2 Å². The van der Waals surface area contributed by atoms with Gasteiger partial charge in [0.25, 0.3) is 0 Å². The minimum absolute atomic E-state index is 1.03. The molecule has 0 rings (SSSR count). The molecule has 0 saturated heterocycles. The third kappa shape index (κ3) is 7.91. The molecule has 0 heterocycles. The molecule has 54 valence electrons. The number of hydrogen-bond donors (Lipinski definition) is 3. The molecule has 4 heteroatoms. The quantitative estimate of drug-likeness (QED) is 0.313. The third-order valence-electron chi connectivity index (χ3n) is 0.405. The molecule has 0 aromatic rings. The van der Waals surface area contributed by atoms with Gasteiger partial charge in [0, 0.05) is 0 Å². The lowest BCUT2D eigenvalue weighted by Crippen LogP contribution is -2.20. The van der Waals surface area contributed by atoms with Gasteiger partial charge in [-0.05, 0) is 6.92 Å². The Morgan fingerprint density at radius 3 is 1.67 bits per heavy atom. The normalized spacial score (nSPS) is 9.22. The van der Waals surface area contributed by atoms with E-state index < -0.39 is 10.0 Å². The molecule has 0 aliphatic heterocycles. The van der Waals surface area contributed by atoms with E-state index in [9.17, 15) is 4.79 Å². The Morgan fingerprint density at radius 2 is 1.67 bits per heavy atom. The van der Waals surface area contributed by atoms with Crippen molar-refractivity contribution in [1.82, 2.24) is 0 Å². The fourth-order valence-corrected chi connectivity index (χ4v) is 0. The van der Waals surface area contributed by atoms with Gasteiger partial charge in [0.1, 0.15) is 4.08 Å². The van der Waals surface area contributed by atoms with Crippen molar-refractivity contribution in [3.05, 3.63) is 13.2 Å². The molecule has 1 N–H and O–H groups in total. The molecule has 9 heavy (non-hydrogen) atoms. The van der Waals surface area contributed by atoms with Crippen molar-refractivity contribution in [2.24, 2.45) is 0 Å². The van der Waals surface area contributed by atoms with Crippen molar-refractivity contribution >= 4 is 31.2 Å². The van der Waals surface area contributed by atoms with Crippen molar-refractivity contribution in [2.75, 3.05) is 0 Å². The molecular formula is C5H10O2S2. The van der Waals surface area contributed by atoms with Crippen molar-refractivity contribution in [3.63, 3.8) is 0 Å². The van der Waals surface area contributed by atoms with Crippen molar-refractivity contribution in [2.45, 2.75) is 11.0 Å². The lowest BCUT2D eigenvalue weighted by atomic mass is 10.5. The van der Waals surface area contributed by atoms with Crippen LogP contribution < -0.4 is 0 Å². The van der Waals surface area contributed by atoms with Crippen LogP contribution >= 0.6 is 25.3 Å². The monoisotopic (exact) mass is 166 g/mol. The highest BCUT2D eigenvalue weighted by atomic mass is 32.2. The number of thiol groups is 2. The fourth-order valence-electron chi connectivity index (χ4n) is 0. The molecular weight excluding hydrogens is 156 g/mol. The molecule has 0 unspecified atom stereocenters. The van der Waals surface area contributed by atoms with Gasteiger partial charge in [-0.3, -0.25) is 0 Å². The maximum absolute atomic E-state index is 9.87. The molecule has 0 aliphatic rings. The number of rotatable bonds is 1. The van der Waals surface area contributed by atoms with E-state index in [1.54, 1.807) is 0 Å². The summed E-state index contributed by atoms with van der Waals surface area (Å²) in [5.74, 6) is -1.03. The zero-order valence-corrected chi connectivity index (χ0v) is 6.95. The van der Waals surface area contributed by atoms with Crippen molar-refractivity contribution < 1.29 is 9.90 Å². The summed E-state index contributed by atoms with van der Waals surface area (Å²) in [6, 6.07) is 0. The van der Waals surface area contributed by atoms with E-state index in [-0.39, 0.29) is 0 Å². The molecule has 0 amide bonds. The maximum atomic E-state index is 9.87. The van der Waals surface area contributed by atoms with Gasteiger partial charge in [0.15, 0.2) is 0 Å². The molecule has 0 spiro atoms. The summed E-state index contributed by atoms with van der Waals surface area (Å²) in [6.45, 7) is 7.39. The largest absolute Gasteiger partial charge is 0.480 e. The Balaban J connectivity index is 0. The van der Waals surface area contributed by atoms with Crippen molar-refractivity contribution in [3.8, 4) is 0 Å². The number of hydrogen-bond acceptors (Lipinski definition) is 3. The third-order valence-corrected chi connectivity index (χ3v) is 0.788. The number of aliphatic carboxylic acids is 1. The minimum atomic E-state index is -1.19. The zero-order valence-electron chi connectivity index (χ0n) is 5.16. The molecule has 2 nitrogen and oxygen atoms in total. The fraction of sp³-hybridized carbons (Fsp3) is 0.400.